The van der Waals surface area contributed by atoms with E-state index in [9.17, 15) is 4.79 Å². The summed E-state index contributed by atoms with van der Waals surface area (Å²) in [4.78, 5) is 12.0. The number of hydrogen-bond donors (Lipinski definition) is 1. The number of fused-ring (bicyclic) bond motifs is 1. The first-order valence-corrected chi connectivity index (χ1v) is 6.35. The minimum absolute atomic E-state index is 0.247. The van der Waals surface area contributed by atoms with E-state index < -0.39 is 0 Å². The van der Waals surface area contributed by atoms with Crippen LogP contribution in [0.4, 0.5) is 5.69 Å². The lowest BCUT2D eigenvalue weighted by atomic mass is 9.81. The Hall–Kier alpha value is -1.51. The zero-order valence-corrected chi connectivity index (χ0v) is 9.82. The highest BCUT2D eigenvalue weighted by Gasteiger charge is 2.29. The molecule has 0 aromatic heterocycles. The molecular formula is C14H17NO2. The van der Waals surface area contributed by atoms with Crippen molar-refractivity contribution in [3.05, 3.63) is 24.3 Å². The van der Waals surface area contributed by atoms with Crippen LogP contribution in [-0.2, 0) is 4.79 Å². The van der Waals surface area contributed by atoms with E-state index in [1.54, 1.807) is 0 Å². The second-order valence-electron chi connectivity index (χ2n) is 4.95. The van der Waals surface area contributed by atoms with E-state index in [-0.39, 0.29) is 11.9 Å². The van der Waals surface area contributed by atoms with Gasteiger partial charge in [0.05, 0.1) is 12.2 Å². The van der Waals surface area contributed by atoms with Crippen LogP contribution in [0.15, 0.2) is 24.3 Å². The van der Waals surface area contributed by atoms with Crippen LogP contribution in [0.5, 0.6) is 5.75 Å². The number of ether oxygens (including phenoxy) is 1. The van der Waals surface area contributed by atoms with Crippen molar-refractivity contribution in [2.75, 3.05) is 11.9 Å². The largest absolute Gasteiger partial charge is 0.479 e. The molecule has 17 heavy (non-hydrogen) atoms. The van der Waals surface area contributed by atoms with E-state index >= 15 is 0 Å². The molecule has 1 saturated carbocycles. The average molecular weight is 231 g/mol. The van der Waals surface area contributed by atoms with Gasteiger partial charge in [0.2, 0.25) is 0 Å². The van der Waals surface area contributed by atoms with Gasteiger partial charge in [0, 0.05) is 6.42 Å². The monoisotopic (exact) mass is 231 g/mol. The van der Waals surface area contributed by atoms with E-state index in [2.05, 4.69) is 5.32 Å². The van der Waals surface area contributed by atoms with Crippen molar-refractivity contribution in [2.45, 2.75) is 31.8 Å². The fraction of sp³-hybridized carbons (Fsp3) is 0.500. The predicted octanol–water partition coefficient (Wildman–Crippen LogP) is 2.62. The van der Waals surface area contributed by atoms with Gasteiger partial charge in [-0.05, 0) is 18.1 Å². The van der Waals surface area contributed by atoms with Gasteiger partial charge in [-0.1, -0.05) is 31.4 Å². The van der Waals surface area contributed by atoms with Gasteiger partial charge in [-0.15, -0.1) is 0 Å². The molecule has 1 N–H and O–H groups in total. The van der Waals surface area contributed by atoms with Gasteiger partial charge < -0.3 is 10.1 Å². The molecule has 1 fully saturated rings. The summed E-state index contributed by atoms with van der Waals surface area (Å²) in [6, 6.07) is 7.78. The van der Waals surface area contributed by atoms with Gasteiger partial charge in [0.15, 0.2) is 11.9 Å². The number of rotatable bonds is 3. The van der Waals surface area contributed by atoms with Crippen molar-refractivity contribution in [2.24, 2.45) is 5.92 Å². The second-order valence-corrected chi connectivity index (χ2v) is 4.95. The average Bonchev–Trinajstić information content (AvgIpc) is 2.33. The Morgan fingerprint density at radius 2 is 2.18 bits per heavy atom. The van der Waals surface area contributed by atoms with E-state index in [0.29, 0.717) is 18.9 Å². The van der Waals surface area contributed by atoms with Gasteiger partial charge >= 0.3 is 0 Å². The Morgan fingerprint density at radius 1 is 1.35 bits per heavy atom. The first kappa shape index (κ1) is 10.6. The molecule has 1 aromatic carbocycles. The number of hydrogen-bond acceptors (Lipinski definition) is 3. The van der Waals surface area contributed by atoms with Crippen LogP contribution in [0.2, 0.25) is 0 Å². The van der Waals surface area contributed by atoms with E-state index in [1.807, 2.05) is 24.3 Å². The number of nitrogens with one attached hydrogen (secondary N) is 1. The fourth-order valence-electron chi connectivity index (χ4n) is 2.41. The second kappa shape index (κ2) is 4.40. The van der Waals surface area contributed by atoms with Gasteiger partial charge in [-0.25, -0.2) is 0 Å². The van der Waals surface area contributed by atoms with Crippen LogP contribution in [0.1, 0.15) is 25.7 Å². The molecule has 1 aliphatic heterocycles. The number of Topliss-reactive ketones (excluding diaryl/α,β-unsaturated/α-hetero) is 1. The van der Waals surface area contributed by atoms with Crippen LogP contribution in [0.3, 0.4) is 0 Å². The molecule has 1 aromatic rings. The normalized spacial score (nSPS) is 22.9. The zero-order chi connectivity index (χ0) is 11.7. The number of carbonyl (C=O) groups is 1. The van der Waals surface area contributed by atoms with E-state index in [4.69, 9.17) is 4.74 Å². The SMILES string of the molecule is O=C(CC1CCC1)C1CNc2ccccc2O1. The number of benzene rings is 1. The van der Waals surface area contributed by atoms with E-state index in [0.717, 1.165) is 11.4 Å². The number of para-hydroxylation sites is 2. The lowest BCUT2D eigenvalue weighted by Crippen LogP contribution is -2.39. The van der Waals surface area contributed by atoms with Crippen molar-refractivity contribution >= 4 is 11.5 Å². The fourth-order valence-corrected chi connectivity index (χ4v) is 2.41. The molecular weight excluding hydrogens is 214 g/mol. The summed E-state index contributed by atoms with van der Waals surface area (Å²) in [6.45, 7) is 0.600. The molecule has 3 heteroatoms. The topological polar surface area (TPSA) is 38.3 Å². The van der Waals surface area contributed by atoms with Crippen LogP contribution in [-0.4, -0.2) is 18.4 Å². The molecule has 1 unspecified atom stereocenters. The van der Waals surface area contributed by atoms with Gasteiger partial charge in [-0.3, -0.25) is 4.79 Å². The lowest BCUT2D eigenvalue weighted by molar-refractivity contribution is -0.127. The molecule has 90 valence electrons. The Kier molecular flexibility index (Phi) is 2.75. The van der Waals surface area contributed by atoms with Crippen LogP contribution >= 0.6 is 0 Å². The quantitative estimate of drug-likeness (QED) is 0.869. The van der Waals surface area contributed by atoms with Gasteiger partial charge in [0.25, 0.3) is 0 Å². The summed E-state index contributed by atoms with van der Waals surface area (Å²) >= 11 is 0. The summed E-state index contributed by atoms with van der Waals surface area (Å²) in [5.74, 6) is 1.66. The maximum atomic E-state index is 12.0. The molecule has 1 atom stereocenters. The minimum atomic E-state index is -0.300. The smallest absolute Gasteiger partial charge is 0.175 e. The predicted molar refractivity (Wildman–Crippen MR) is 66.3 cm³/mol. The Bertz CT molecular complexity index is 426. The highest BCUT2D eigenvalue weighted by atomic mass is 16.5. The van der Waals surface area contributed by atoms with Crippen molar-refractivity contribution in [3.63, 3.8) is 0 Å². The van der Waals surface area contributed by atoms with Crippen molar-refractivity contribution in [1.29, 1.82) is 0 Å². The minimum Gasteiger partial charge on any atom is -0.479 e. The standard InChI is InChI=1S/C14H17NO2/c16-12(8-10-4-3-5-10)14-9-15-11-6-1-2-7-13(11)17-14/h1-2,6-7,10,14-15H,3-5,8-9H2. The molecule has 0 radical (unpaired) electrons. The first-order chi connectivity index (χ1) is 8.33. The van der Waals surface area contributed by atoms with Crippen LogP contribution in [0, 0.1) is 5.92 Å². The van der Waals surface area contributed by atoms with Crippen LogP contribution in [0.25, 0.3) is 0 Å². The Morgan fingerprint density at radius 3 is 2.94 bits per heavy atom. The highest BCUT2D eigenvalue weighted by Crippen LogP contribution is 2.32. The van der Waals surface area contributed by atoms with Crippen molar-refractivity contribution < 1.29 is 9.53 Å². The summed E-state index contributed by atoms with van der Waals surface area (Å²) in [5, 5.41) is 3.26. The number of ketones is 1. The molecule has 1 aliphatic carbocycles. The molecule has 3 rings (SSSR count). The van der Waals surface area contributed by atoms with Gasteiger partial charge in [-0.2, -0.15) is 0 Å². The van der Waals surface area contributed by atoms with E-state index in [1.165, 1.54) is 19.3 Å². The maximum Gasteiger partial charge on any atom is 0.175 e. The third kappa shape index (κ3) is 2.14. The molecule has 1 heterocycles. The molecule has 0 spiro atoms. The summed E-state index contributed by atoms with van der Waals surface area (Å²) in [6.07, 6.45) is 4.09. The summed E-state index contributed by atoms with van der Waals surface area (Å²) in [7, 11) is 0. The zero-order valence-electron chi connectivity index (χ0n) is 9.82. The third-order valence-corrected chi connectivity index (χ3v) is 3.71. The Labute approximate surface area is 101 Å². The maximum absolute atomic E-state index is 12.0. The summed E-state index contributed by atoms with van der Waals surface area (Å²) in [5.41, 5.74) is 0.986. The van der Waals surface area contributed by atoms with Crippen LogP contribution < -0.4 is 10.1 Å². The first-order valence-electron chi connectivity index (χ1n) is 6.35. The van der Waals surface area contributed by atoms with Crippen molar-refractivity contribution in [1.82, 2.24) is 0 Å². The van der Waals surface area contributed by atoms with Gasteiger partial charge in [0.1, 0.15) is 5.75 Å². The van der Waals surface area contributed by atoms with Crippen molar-refractivity contribution in [3.8, 4) is 5.75 Å². The molecule has 0 saturated heterocycles. The lowest BCUT2D eigenvalue weighted by Gasteiger charge is -2.29. The molecule has 2 aliphatic rings. The molecule has 0 amide bonds. The Balaban J connectivity index is 1.64. The highest BCUT2D eigenvalue weighted by molar-refractivity contribution is 5.85. The molecule has 0 bridgehead atoms. The number of carbonyl (C=O) groups excluding carboxylic acids is 1. The summed E-state index contributed by atoms with van der Waals surface area (Å²) < 4.78 is 5.75. The number of anilines is 1. The molecule has 3 nitrogen and oxygen atoms in total. The third-order valence-electron chi connectivity index (χ3n) is 3.71.